The number of benzene rings is 1. The second kappa shape index (κ2) is 4.91. The first-order valence-electron chi connectivity index (χ1n) is 5.82. The first-order valence-corrected chi connectivity index (χ1v) is 5.82. The van der Waals surface area contributed by atoms with Gasteiger partial charge in [0.1, 0.15) is 5.84 Å². The zero-order valence-corrected chi connectivity index (χ0v) is 10.6. The molecule has 0 saturated carbocycles. The molecule has 0 aliphatic carbocycles. The molecule has 3 N–H and O–H groups in total. The summed E-state index contributed by atoms with van der Waals surface area (Å²) in [4.78, 5) is 6.35. The molecule has 0 fully saturated rings. The zero-order chi connectivity index (χ0) is 13.1. The average molecular weight is 243 g/mol. The van der Waals surface area contributed by atoms with Crippen molar-refractivity contribution in [2.45, 2.75) is 13.5 Å². The molecule has 1 heterocycles. The summed E-state index contributed by atoms with van der Waals surface area (Å²) < 4.78 is 2.07. The third kappa shape index (κ3) is 2.20. The highest BCUT2D eigenvalue weighted by Crippen LogP contribution is 2.22. The predicted molar refractivity (Wildman–Crippen MR) is 73.4 cm³/mol. The van der Waals surface area contributed by atoms with Gasteiger partial charge in [-0.1, -0.05) is 0 Å². The Morgan fingerprint density at radius 3 is 2.61 bits per heavy atom. The van der Waals surface area contributed by atoms with E-state index in [9.17, 15) is 0 Å². The molecule has 0 unspecified atom stereocenters. The molecule has 2 aromatic rings. The van der Waals surface area contributed by atoms with Gasteiger partial charge in [0.05, 0.1) is 0 Å². The van der Waals surface area contributed by atoms with E-state index in [1.807, 2.05) is 42.4 Å². The Labute approximate surface area is 106 Å². The quantitative estimate of drug-likeness (QED) is 0.637. The summed E-state index contributed by atoms with van der Waals surface area (Å²) in [5, 5.41) is 7.36. The van der Waals surface area contributed by atoms with Crippen LogP contribution in [0.2, 0.25) is 0 Å². The summed E-state index contributed by atoms with van der Waals surface area (Å²) >= 11 is 0. The molecule has 0 bridgehead atoms. The fourth-order valence-corrected chi connectivity index (χ4v) is 1.83. The lowest BCUT2D eigenvalue weighted by atomic mass is 10.2. The molecule has 94 valence electrons. The van der Waals surface area contributed by atoms with Gasteiger partial charge in [-0.15, -0.1) is 0 Å². The van der Waals surface area contributed by atoms with Crippen molar-refractivity contribution in [2.75, 3.05) is 11.9 Å². The minimum atomic E-state index is 0.0826. The van der Waals surface area contributed by atoms with E-state index in [0.717, 1.165) is 23.7 Å². The number of anilines is 2. The van der Waals surface area contributed by atoms with Crippen molar-refractivity contribution in [3.63, 3.8) is 0 Å². The molecule has 0 amide bonds. The van der Waals surface area contributed by atoms with Crippen molar-refractivity contribution in [1.82, 2.24) is 9.55 Å². The van der Waals surface area contributed by atoms with E-state index in [-0.39, 0.29) is 5.84 Å². The van der Waals surface area contributed by atoms with Crippen molar-refractivity contribution in [1.29, 1.82) is 5.41 Å². The fourth-order valence-electron chi connectivity index (χ4n) is 1.83. The van der Waals surface area contributed by atoms with Gasteiger partial charge >= 0.3 is 0 Å². The van der Waals surface area contributed by atoms with E-state index in [1.165, 1.54) is 0 Å². The van der Waals surface area contributed by atoms with Gasteiger partial charge in [0.2, 0.25) is 5.95 Å². The molecule has 0 radical (unpaired) electrons. The van der Waals surface area contributed by atoms with Gasteiger partial charge in [0.25, 0.3) is 0 Å². The van der Waals surface area contributed by atoms with Crippen LogP contribution in [0.4, 0.5) is 11.6 Å². The number of aromatic nitrogens is 2. The van der Waals surface area contributed by atoms with Crippen LogP contribution in [-0.2, 0) is 6.54 Å². The molecular formula is C13H17N5. The molecular weight excluding hydrogens is 226 g/mol. The van der Waals surface area contributed by atoms with Gasteiger partial charge in [0, 0.05) is 37.2 Å². The Morgan fingerprint density at radius 1 is 1.39 bits per heavy atom. The van der Waals surface area contributed by atoms with Crippen molar-refractivity contribution in [2.24, 2.45) is 5.73 Å². The highest BCUT2D eigenvalue weighted by Gasteiger charge is 2.09. The largest absolute Gasteiger partial charge is 0.384 e. The Hall–Kier alpha value is -2.30. The number of amidine groups is 1. The van der Waals surface area contributed by atoms with E-state index in [0.29, 0.717) is 0 Å². The number of rotatable bonds is 4. The number of imidazole rings is 1. The normalized spacial score (nSPS) is 10.3. The number of hydrogen-bond acceptors (Lipinski definition) is 3. The monoisotopic (exact) mass is 243 g/mol. The van der Waals surface area contributed by atoms with Gasteiger partial charge < -0.3 is 15.2 Å². The number of nitrogens with one attached hydrogen (secondary N) is 1. The lowest BCUT2D eigenvalue weighted by Crippen LogP contribution is -2.16. The number of nitrogen functional groups attached to an aromatic ring is 1. The minimum absolute atomic E-state index is 0.0826. The Kier molecular flexibility index (Phi) is 3.32. The first-order chi connectivity index (χ1) is 8.63. The van der Waals surface area contributed by atoms with Crippen LogP contribution in [0.25, 0.3) is 0 Å². The smallest absolute Gasteiger partial charge is 0.209 e. The van der Waals surface area contributed by atoms with Crippen LogP contribution >= 0.6 is 0 Å². The maximum Gasteiger partial charge on any atom is 0.209 e. The minimum Gasteiger partial charge on any atom is -0.384 e. The highest BCUT2D eigenvalue weighted by molar-refractivity contribution is 5.95. The van der Waals surface area contributed by atoms with Crippen LogP contribution in [0.15, 0.2) is 36.7 Å². The third-order valence-corrected chi connectivity index (χ3v) is 2.90. The molecule has 0 spiro atoms. The van der Waals surface area contributed by atoms with Crippen LogP contribution in [-0.4, -0.2) is 22.4 Å². The SMILES string of the molecule is CCn1ccnc1N(C)c1ccc(C(=N)N)cc1. The Balaban J connectivity index is 2.28. The van der Waals surface area contributed by atoms with Crippen molar-refractivity contribution >= 4 is 17.5 Å². The molecule has 0 aliphatic rings. The maximum absolute atomic E-state index is 7.36. The lowest BCUT2D eigenvalue weighted by Gasteiger charge is -2.19. The van der Waals surface area contributed by atoms with Crippen LogP contribution in [0.3, 0.4) is 0 Å². The number of nitrogens with zero attached hydrogens (tertiary/aromatic N) is 3. The zero-order valence-electron chi connectivity index (χ0n) is 10.6. The van der Waals surface area contributed by atoms with Crippen molar-refractivity contribution in [3.8, 4) is 0 Å². The molecule has 5 nitrogen and oxygen atoms in total. The summed E-state index contributed by atoms with van der Waals surface area (Å²) in [6.07, 6.45) is 3.75. The second-order valence-corrected chi connectivity index (χ2v) is 4.03. The van der Waals surface area contributed by atoms with E-state index < -0.39 is 0 Å². The van der Waals surface area contributed by atoms with Crippen molar-refractivity contribution < 1.29 is 0 Å². The summed E-state index contributed by atoms with van der Waals surface area (Å²) in [7, 11) is 1.97. The fraction of sp³-hybridized carbons (Fsp3) is 0.231. The van der Waals surface area contributed by atoms with E-state index in [4.69, 9.17) is 11.1 Å². The molecule has 0 atom stereocenters. The van der Waals surface area contributed by atoms with Crippen LogP contribution in [0.5, 0.6) is 0 Å². The number of aryl methyl sites for hydroxylation is 1. The molecule has 2 rings (SSSR count). The summed E-state index contributed by atoms with van der Waals surface area (Å²) in [6.45, 7) is 2.96. The Morgan fingerprint density at radius 2 is 2.06 bits per heavy atom. The molecule has 18 heavy (non-hydrogen) atoms. The van der Waals surface area contributed by atoms with Crippen LogP contribution in [0.1, 0.15) is 12.5 Å². The van der Waals surface area contributed by atoms with Crippen LogP contribution < -0.4 is 10.6 Å². The topological polar surface area (TPSA) is 70.9 Å². The lowest BCUT2D eigenvalue weighted by molar-refractivity contribution is 0.754. The van der Waals surface area contributed by atoms with E-state index >= 15 is 0 Å². The highest BCUT2D eigenvalue weighted by atomic mass is 15.3. The summed E-state index contributed by atoms with van der Waals surface area (Å²) in [5.41, 5.74) is 7.18. The predicted octanol–water partition coefficient (Wildman–Crippen LogP) is 1.95. The summed E-state index contributed by atoms with van der Waals surface area (Å²) in [6, 6.07) is 7.55. The third-order valence-electron chi connectivity index (χ3n) is 2.90. The second-order valence-electron chi connectivity index (χ2n) is 4.03. The molecule has 0 aliphatic heterocycles. The van der Waals surface area contributed by atoms with E-state index in [2.05, 4.69) is 16.5 Å². The average Bonchev–Trinajstić information content (AvgIpc) is 2.86. The van der Waals surface area contributed by atoms with Gasteiger partial charge in [-0.25, -0.2) is 4.98 Å². The first kappa shape index (κ1) is 12.2. The Bertz CT molecular complexity index is 541. The molecule has 1 aromatic heterocycles. The molecule has 5 heteroatoms. The number of nitrogens with two attached hydrogens (primary N) is 1. The van der Waals surface area contributed by atoms with Crippen molar-refractivity contribution in [3.05, 3.63) is 42.2 Å². The maximum atomic E-state index is 7.36. The van der Waals surface area contributed by atoms with Gasteiger partial charge in [-0.05, 0) is 31.2 Å². The molecule has 0 saturated heterocycles. The van der Waals surface area contributed by atoms with Gasteiger partial charge in [-0.3, -0.25) is 5.41 Å². The molecule has 1 aromatic carbocycles. The van der Waals surface area contributed by atoms with Crippen LogP contribution in [0, 0.1) is 5.41 Å². The van der Waals surface area contributed by atoms with E-state index in [1.54, 1.807) is 6.20 Å². The standard InChI is InChI=1S/C13H17N5/c1-3-18-9-8-16-13(18)17(2)11-6-4-10(5-7-11)12(14)15/h4-9H,3H2,1-2H3,(H3,14,15). The number of hydrogen-bond donors (Lipinski definition) is 2. The van der Waals surface area contributed by atoms with Gasteiger partial charge in [-0.2, -0.15) is 0 Å². The summed E-state index contributed by atoms with van der Waals surface area (Å²) in [5.74, 6) is 0.979. The van der Waals surface area contributed by atoms with Gasteiger partial charge in [0.15, 0.2) is 0 Å².